The van der Waals surface area contributed by atoms with Crippen molar-refractivity contribution in [2.75, 3.05) is 36.5 Å². The number of hydrazone groups is 1. The number of benzene rings is 2. The Morgan fingerprint density at radius 3 is 2.41 bits per heavy atom. The van der Waals surface area contributed by atoms with E-state index >= 15 is 0 Å². The van der Waals surface area contributed by atoms with E-state index in [0.29, 0.717) is 31.2 Å². The Kier molecular flexibility index (Phi) is 7.14. The first-order chi connectivity index (χ1) is 16.2. The van der Waals surface area contributed by atoms with Gasteiger partial charge in [0, 0.05) is 37.5 Å². The number of thiazole rings is 1. The molecule has 1 aromatic heterocycles. The minimum atomic E-state index is 0.0692. The highest BCUT2D eigenvalue weighted by Gasteiger charge is 2.26. The molecule has 0 saturated carbocycles. The normalized spacial score (nSPS) is 15.2. The number of amides is 1. The van der Waals surface area contributed by atoms with Gasteiger partial charge in [0.15, 0.2) is 0 Å². The van der Waals surface area contributed by atoms with Gasteiger partial charge in [0.2, 0.25) is 5.13 Å². The molecule has 1 saturated heterocycles. The average molecular weight is 498 g/mol. The van der Waals surface area contributed by atoms with E-state index in [1.165, 1.54) is 5.56 Å². The van der Waals surface area contributed by atoms with Gasteiger partial charge in [-0.25, -0.2) is 4.98 Å². The molecule has 2 aromatic carbocycles. The number of fused-ring (bicyclic) bond motifs is 1. The number of carbonyl (C=O) groups is 1. The van der Waals surface area contributed by atoms with Crippen molar-refractivity contribution in [3.8, 4) is 0 Å². The number of carbonyl (C=O) groups excluding carboxylic acids is 1. The Hall–Kier alpha value is -2.64. The van der Waals surface area contributed by atoms with Crippen LogP contribution in [-0.2, 0) is 5.41 Å². The molecule has 0 bridgehead atoms. The summed E-state index contributed by atoms with van der Waals surface area (Å²) in [4.78, 5) is 22.0. The van der Waals surface area contributed by atoms with Gasteiger partial charge in [0.05, 0.1) is 15.4 Å². The van der Waals surface area contributed by atoms with Gasteiger partial charge < -0.3 is 9.80 Å². The number of hydrogen-bond acceptors (Lipinski definition) is 6. The van der Waals surface area contributed by atoms with Crippen LogP contribution in [0.2, 0.25) is 5.02 Å². The van der Waals surface area contributed by atoms with Gasteiger partial charge in [-0.2, -0.15) is 5.10 Å². The lowest BCUT2D eigenvalue weighted by molar-refractivity contribution is 0.0747. The van der Waals surface area contributed by atoms with Crippen LogP contribution >= 0.6 is 22.9 Å². The summed E-state index contributed by atoms with van der Waals surface area (Å²) >= 11 is 8.20. The second-order valence-electron chi connectivity index (χ2n) is 9.68. The Bertz CT molecular complexity index is 1200. The summed E-state index contributed by atoms with van der Waals surface area (Å²) < 4.78 is 1.06. The van der Waals surface area contributed by atoms with Crippen LogP contribution in [0.3, 0.4) is 0 Å². The number of rotatable bonds is 5. The van der Waals surface area contributed by atoms with Crippen LogP contribution in [0.5, 0.6) is 0 Å². The predicted molar refractivity (Wildman–Crippen MR) is 145 cm³/mol. The predicted octanol–water partition coefficient (Wildman–Crippen LogP) is 6.41. The quantitative estimate of drug-likeness (QED) is 0.327. The molecule has 0 spiro atoms. The van der Waals surface area contributed by atoms with Crippen LogP contribution in [0.1, 0.15) is 57.0 Å². The first-order valence-electron chi connectivity index (χ1n) is 11.7. The molecule has 1 N–H and O–H groups in total. The fraction of sp³-hybridized carbons (Fsp3) is 0.423. The van der Waals surface area contributed by atoms with E-state index < -0.39 is 0 Å². The molecule has 2 heterocycles. The van der Waals surface area contributed by atoms with Gasteiger partial charge in [-0.3, -0.25) is 10.2 Å². The lowest BCUT2D eigenvalue weighted by Gasteiger charge is -2.36. The monoisotopic (exact) mass is 497 g/mol. The van der Waals surface area contributed by atoms with E-state index in [-0.39, 0.29) is 11.3 Å². The number of halogens is 1. The van der Waals surface area contributed by atoms with Crippen LogP contribution in [-0.4, -0.2) is 47.7 Å². The molecule has 1 fully saturated rings. The molecule has 0 radical (unpaired) electrons. The number of anilines is 2. The minimum absolute atomic E-state index is 0.0692. The van der Waals surface area contributed by atoms with Gasteiger partial charge in [-0.05, 0) is 48.6 Å². The Balaban J connectivity index is 1.48. The third kappa shape index (κ3) is 5.20. The summed E-state index contributed by atoms with van der Waals surface area (Å²) in [6, 6.07) is 11.9. The number of hydrogen-bond donors (Lipinski definition) is 1. The zero-order chi connectivity index (χ0) is 24.5. The zero-order valence-corrected chi connectivity index (χ0v) is 22.1. The molecule has 0 unspecified atom stereocenters. The van der Waals surface area contributed by atoms with Gasteiger partial charge in [-0.15, -0.1) is 0 Å². The van der Waals surface area contributed by atoms with Crippen molar-refractivity contribution in [1.82, 2.24) is 9.88 Å². The van der Waals surface area contributed by atoms with Crippen molar-refractivity contribution in [3.05, 3.63) is 52.5 Å². The maximum Gasteiger partial charge on any atom is 0.253 e. The van der Waals surface area contributed by atoms with Crippen molar-refractivity contribution < 1.29 is 4.79 Å². The molecular formula is C26H32ClN5OS. The van der Waals surface area contributed by atoms with Crippen molar-refractivity contribution in [1.29, 1.82) is 0 Å². The first-order valence-corrected chi connectivity index (χ1v) is 12.9. The molecule has 1 aliphatic rings. The van der Waals surface area contributed by atoms with E-state index in [0.717, 1.165) is 38.7 Å². The largest absolute Gasteiger partial charge is 0.365 e. The maximum absolute atomic E-state index is 13.1. The molecule has 34 heavy (non-hydrogen) atoms. The van der Waals surface area contributed by atoms with Gasteiger partial charge in [0.25, 0.3) is 5.91 Å². The lowest BCUT2D eigenvalue weighted by atomic mass is 9.86. The van der Waals surface area contributed by atoms with Crippen molar-refractivity contribution >= 4 is 55.6 Å². The second-order valence-corrected chi connectivity index (χ2v) is 11.1. The Morgan fingerprint density at radius 2 is 1.79 bits per heavy atom. The van der Waals surface area contributed by atoms with Crippen LogP contribution in [0, 0.1) is 0 Å². The van der Waals surface area contributed by atoms with Crippen molar-refractivity contribution in [3.63, 3.8) is 0 Å². The summed E-state index contributed by atoms with van der Waals surface area (Å²) in [5.41, 5.74) is 7.93. The summed E-state index contributed by atoms with van der Waals surface area (Å²) in [6.45, 7) is 13.3. The molecule has 1 amide bonds. The third-order valence-electron chi connectivity index (χ3n) is 6.22. The highest BCUT2D eigenvalue weighted by Crippen LogP contribution is 2.38. The highest BCUT2D eigenvalue weighted by atomic mass is 35.5. The summed E-state index contributed by atoms with van der Waals surface area (Å²) in [5.74, 6) is 0.0775. The van der Waals surface area contributed by atoms with E-state index in [2.05, 4.69) is 55.3 Å². The topological polar surface area (TPSA) is 60.8 Å². The maximum atomic E-state index is 13.1. The van der Waals surface area contributed by atoms with E-state index in [1.54, 1.807) is 11.3 Å². The number of nitrogens with one attached hydrogen (secondary N) is 1. The molecule has 1 aliphatic heterocycles. The molecule has 3 aromatic rings. The summed E-state index contributed by atoms with van der Waals surface area (Å²) in [5, 5.41) is 5.80. The van der Waals surface area contributed by atoms with Gasteiger partial charge in [0.1, 0.15) is 5.52 Å². The van der Waals surface area contributed by atoms with E-state index in [1.807, 2.05) is 36.1 Å². The standard InChI is InChI=1S/C26H32ClN5OS/c1-6-17(2)29-30-25-28-22-21(34-25)12-11-20(27)23(22)31-13-15-32(16-14-31)24(33)18-7-9-19(10-8-18)26(3,4)5/h7-12H,6,13-16H2,1-5H3,(H,28,30)/b29-17-. The third-order valence-corrected chi connectivity index (χ3v) is 7.45. The molecule has 0 atom stereocenters. The van der Waals surface area contributed by atoms with Crippen molar-refractivity contribution in [2.45, 2.75) is 46.5 Å². The molecule has 8 heteroatoms. The molecule has 0 aliphatic carbocycles. The summed E-state index contributed by atoms with van der Waals surface area (Å²) in [7, 11) is 0. The average Bonchev–Trinajstić information content (AvgIpc) is 3.24. The Morgan fingerprint density at radius 1 is 1.12 bits per heavy atom. The fourth-order valence-corrected chi connectivity index (χ4v) is 5.04. The number of aromatic nitrogens is 1. The van der Waals surface area contributed by atoms with Crippen LogP contribution in [0.4, 0.5) is 10.8 Å². The highest BCUT2D eigenvalue weighted by molar-refractivity contribution is 7.22. The number of nitrogens with zero attached hydrogens (tertiary/aromatic N) is 4. The zero-order valence-electron chi connectivity index (χ0n) is 20.5. The van der Waals surface area contributed by atoms with Gasteiger partial charge >= 0.3 is 0 Å². The van der Waals surface area contributed by atoms with Crippen LogP contribution in [0.25, 0.3) is 10.2 Å². The minimum Gasteiger partial charge on any atom is -0.365 e. The molecule has 4 rings (SSSR count). The number of piperazine rings is 1. The van der Waals surface area contributed by atoms with Crippen LogP contribution in [0.15, 0.2) is 41.5 Å². The first kappa shape index (κ1) is 24.5. The molecule has 6 nitrogen and oxygen atoms in total. The van der Waals surface area contributed by atoms with E-state index in [9.17, 15) is 4.79 Å². The summed E-state index contributed by atoms with van der Waals surface area (Å²) in [6.07, 6.45) is 0.888. The second kappa shape index (κ2) is 9.92. The lowest BCUT2D eigenvalue weighted by Crippen LogP contribution is -2.49. The van der Waals surface area contributed by atoms with Gasteiger partial charge in [-0.1, -0.05) is 62.8 Å². The molecule has 180 valence electrons. The molecular weight excluding hydrogens is 466 g/mol. The van der Waals surface area contributed by atoms with Crippen molar-refractivity contribution in [2.24, 2.45) is 5.10 Å². The fourth-order valence-electron chi connectivity index (χ4n) is 3.95. The van der Waals surface area contributed by atoms with E-state index in [4.69, 9.17) is 16.6 Å². The smallest absolute Gasteiger partial charge is 0.253 e. The SMILES string of the molecule is CC/C(C)=N\Nc1nc2c(N3CCN(C(=O)c4ccc(C(C)(C)C)cc4)CC3)c(Cl)ccc2s1. The van der Waals surface area contributed by atoms with Crippen LogP contribution < -0.4 is 10.3 Å². The Labute approximate surface area is 210 Å².